The molecule has 1 heterocycles. The van der Waals surface area contributed by atoms with Crippen LogP contribution in [0.15, 0.2) is 55.6 Å². The van der Waals surface area contributed by atoms with Gasteiger partial charge in [-0.25, -0.2) is 0 Å². The van der Waals surface area contributed by atoms with Crippen molar-refractivity contribution in [2.75, 3.05) is 66.9 Å². The van der Waals surface area contributed by atoms with Crippen LogP contribution in [0.25, 0.3) is 0 Å². The summed E-state index contributed by atoms with van der Waals surface area (Å²) in [5, 5.41) is 0. The number of carbonyl (C=O) groups excluding carboxylic acids is 2. The van der Waals surface area contributed by atoms with Crippen LogP contribution in [0.3, 0.4) is 0 Å². The Morgan fingerprint density at radius 3 is 2.35 bits per heavy atom. The zero-order chi connectivity index (χ0) is 28.9. The topological polar surface area (TPSA) is 92.8 Å². The van der Waals surface area contributed by atoms with Crippen LogP contribution in [0.4, 0.5) is 0 Å². The first-order valence-corrected chi connectivity index (χ1v) is 13.4. The lowest BCUT2D eigenvalue weighted by Gasteiger charge is -2.26. The van der Waals surface area contributed by atoms with Gasteiger partial charge in [0.15, 0.2) is 17.3 Å². The molecule has 0 saturated carbocycles. The number of nitrogens with zero attached hydrogens (tertiary/aromatic N) is 1. The second-order valence-electron chi connectivity index (χ2n) is 9.07. The highest BCUT2D eigenvalue weighted by molar-refractivity contribution is 6.13. The third kappa shape index (κ3) is 7.86. The van der Waals surface area contributed by atoms with Gasteiger partial charge in [0.2, 0.25) is 0 Å². The summed E-state index contributed by atoms with van der Waals surface area (Å²) in [7, 11) is 2.85. The zero-order valence-electron chi connectivity index (χ0n) is 23.6. The van der Waals surface area contributed by atoms with E-state index in [0.29, 0.717) is 41.4 Å². The Labute approximate surface area is 236 Å². The molecule has 0 aliphatic carbocycles. The molecule has 2 aromatic carbocycles. The van der Waals surface area contributed by atoms with Crippen LogP contribution in [0.1, 0.15) is 40.7 Å². The lowest BCUT2D eigenvalue weighted by atomic mass is 9.87. The fourth-order valence-corrected chi connectivity index (χ4v) is 4.47. The van der Waals surface area contributed by atoms with Crippen LogP contribution in [0.2, 0.25) is 0 Å². The van der Waals surface area contributed by atoms with Crippen molar-refractivity contribution < 1.29 is 38.0 Å². The monoisotopic (exact) mass is 553 g/mol. The van der Waals surface area contributed by atoms with Gasteiger partial charge in [0.25, 0.3) is 0 Å². The molecule has 1 aliphatic rings. The minimum atomic E-state index is -0.716. The molecule has 1 unspecified atom stereocenters. The Morgan fingerprint density at radius 1 is 0.975 bits per heavy atom. The molecule has 216 valence electrons. The number of hydrogen-bond acceptors (Lipinski definition) is 9. The molecule has 40 heavy (non-hydrogen) atoms. The first-order chi connectivity index (χ1) is 19.5. The van der Waals surface area contributed by atoms with E-state index in [4.69, 9.17) is 28.4 Å². The van der Waals surface area contributed by atoms with Gasteiger partial charge in [-0.3, -0.25) is 14.5 Å². The number of benzene rings is 2. The number of ether oxygens (including phenoxy) is 6. The lowest BCUT2D eigenvalue weighted by molar-refractivity contribution is -0.142. The highest BCUT2D eigenvalue weighted by atomic mass is 16.5. The highest BCUT2D eigenvalue weighted by Crippen LogP contribution is 2.38. The van der Waals surface area contributed by atoms with Gasteiger partial charge in [0, 0.05) is 31.3 Å². The predicted molar refractivity (Wildman–Crippen MR) is 152 cm³/mol. The number of ketones is 1. The Bertz CT molecular complexity index is 1170. The van der Waals surface area contributed by atoms with Gasteiger partial charge in [0.1, 0.15) is 31.3 Å². The van der Waals surface area contributed by atoms with E-state index in [9.17, 15) is 9.59 Å². The first-order valence-electron chi connectivity index (χ1n) is 13.4. The molecule has 0 radical (unpaired) electrons. The van der Waals surface area contributed by atoms with Gasteiger partial charge in [-0.05, 0) is 36.2 Å². The van der Waals surface area contributed by atoms with Crippen LogP contribution < -0.4 is 18.9 Å². The Balaban J connectivity index is 1.99. The molecular formula is C31H39NO8. The highest BCUT2D eigenvalue weighted by Gasteiger charge is 2.30. The predicted octanol–water partition coefficient (Wildman–Crippen LogP) is 4.43. The van der Waals surface area contributed by atoms with Crippen molar-refractivity contribution in [3.05, 3.63) is 72.3 Å². The molecule has 0 bridgehead atoms. The minimum absolute atomic E-state index is 0.152. The summed E-state index contributed by atoms with van der Waals surface area (Å²) in [4.78, 5) is 29.1. The standard InChI is InChI=1S/C31H39NO8/c1-6-14-38-23-20-25(24(8-3)31(34)36-5)29(28(21-23)39-15-7-2)30(33)22-9-10-26(27(19-22)35-4)40-18-13-32-11-16-37-17-12-32/h6-7,9-10,19-21,24H,1-2,8,11-18H2,3-5H3. The summed E-state index contributed by atoms with van der Waals surface area (Å²) in [5.41, 5.74) is 1.04. The molecule has 1 atom stereocenters. The minimum Gasteiger partial charge on any atom is -0.493 e. The normalized spacial score (nSPS) is 14.1. The van der Waals surface area contributed by atoms with Crippen molar-refractivity contribution in [3.63, 3.8) is 0 Å². The van der Waals surface area contributed by atoms with Crippen LogP contribution >= 0.6 is 0 Å². The van der Waals surface area contributed by atoms with Crippen molar-refractivity contribution >= 4 is 11.8 Å². The fourth-order valence-electron chi connectivity index (χ4n) is 4.47. The van der Waals surface area contributed by atoms with Crippen LogP contribution in [-0.4, -0.2) is 83.5 Å². The SMILES string of the molecule is C=CCOc1cc(OCC=C)c(C(=O)c2ccc(OCCN3CCOCC3)c(OC)c2)c(C(CC)C(=O)OC)c1. The Kier molecular flexibility index (Phi) is 12.0. The quantitative estimate of drug-likeness (QED) is 0.170. The van der Waals surface area contributed by atoms with Gasteiger partial charge < -0.3 is 28.4 Å². The third-order valence-electron chi connectivity index (χ3n) is 6.52. The number of esters is 1. The fraction of sp³-hybridized carbons (Fsp3) is 0.419. The van der Waals surface area contributed by atoms with E-state index in [2.05, 4.69) is 18.1 Å². The van der Waals surface area contributed by atoms with Crippen molar-refractivity contribution in [3.8, 4) is 23.0 Å². The van der Waals surface area contributed by atoms with Gasteiger partial charge in [-0.1, -0.05) is 32.2 Å². The molecule has 0 amide bonds. The molecule has 9 heteroatoms. The summed E-state index contributed by atoms with van der Waals surface area (Å²) in [6.45, 7) is 14.0. The first kappa shape index (κ1) is 30.7. The number of morpholine rings is 1. The van der Waals surface area contributed by atoms with Gasteiger partial charge in [-0.15, -0.1) is 0 Å². The van der Waals surface area contributed by atoms with Crippen LogP contribution in [0, 0.1) is 0 Å². The summed E-state index contributed by atoms with van der Waals surface area (Å²) in [6.07, 6.45) is 3.59. The second-order valence-corrected chi connectivity index (χ2v) is 9.07. The summed E-state index contributed by atoms with van der Waals surface area (Å²) >= 11 is 0. The molecule has 1 fully saturated rings. The smallest absolute Gasteiger partial charge is 0.313 e. The number of rotatable bonds is 16. The van der Waals surface area contributed by atoms with E-state index in [0.717, 1.165) is 32.8 Å². The maximum Gasteiger partial charge on any atom is 0.313 e. The van der Waals surface area contributed by atoms with Crippen LogP contribution in [-0.2, 0) is 14.3 Å². The van der Waals surface area contributed by atoms with Gasteiger partial charge >= 0.3 is 5.97 Å². The van der Waals surface area contributed by atoms with Crippen molar-refractivity contribution in [1.29, 1.82) is 0 Å². The Morgan fingerprint density at radius 2 is 1.70 bits per heavy atom. The molecule has 0 spiro atoms. The molecule has 9 nitrogen and oxygen atoms in total. The molecular weight excluding hydrogens is 514 g/mol. The van der Waals surface area contributed by atoms with Crippen LogP contribution in [0.5, 0.6) is 23.0 Å². The lowest BCUT2D eigenvalue weighted by Crippen LogP contribution is -2.38. The molecule has 2 aromatic rings. The van der Waals surface area contributed by atoms with E-state index in [1.807, 2.05) is 6.92 Å². The molecule has 1 aliphatic heterocycles. The molecule has 1 saturated heterocycles. The molecule has 0 aromatic heterocycles. The van der Waals surface area contributed by atoms with Crippen molar-refractivity contribution in [2.45, 2.75) is 19.3 Å². The van der Waals surface area contributed by atoms with E-state index < -0.39 is 11.9 Å². The van der Waals surface area contributed by atoms with E-state index in [1.165, 1.54) is 14.2 Å². The van der Waals surface area contributed by atoms with Gasteiger partial charge in [0.05, 0.1) is 38.9 Å². The maximum absolute atomic E-state index is 14.1. The van der Waals surface area contributed by atoms with E-state index >= 15 is 0 Å². The summed E-state index contributed by atoms with van der Waals surface area (Å²) in [6, 6.07) is 8.34. The number of carbonyl (C=O) groups is 2. The summed E-state index contributed by atoms with van der Waals surface area (Å²) in [5.74, 6) is 0.146. The number of hydrogen-bond donors (Lipinski definition) is 0. The molecule has 3 rings (SSSR count). The summed E-state index contributed by atoms with van der Waals surface area (Å²) < 4.78 is 33.7. The van der Waals surface area contributed by atoms with E-state index in [1.54, 1.807) is 42.5 Å². The molecule has 0 N–H and O–H groups in total. The van der Waals surface area contributed by atoms with Crippen molar-refractivity contribution in [2.24, 2.45) is 0 Å². The van der Waals surface area contributed by atoms with Gasteiger partial charge in [-0.2, -0.15) is 0 Å². The average molecular weight is 554 g/mol. The third-order valence-corrected chi connectivity index (χ3v) is 6.52. The number of methoxy groups -OCH3 is 2. The van der Waals surface area contributed by atoms with E-state index in [-0.39, 0.29) is 30.3 Å². The largest absolute Gasteiger partial charge is 0.493 e. The second kappa shape index (κ2) is 15.7. The average Bonchev–Trinajstić information content (AvgIpc) is 2.99. The van der Waals surface area contributed by atoms with Crippen molar-refractivity contribution in [1.82, 2.24) is 4.90 Å². The Hall–Kier alpha value is -3.82. The maximum atomic E-state index is 14.1. The zero-order valence-corrected chi connectivity index (χ0v) is 23.6.